The zero-order valence-corrected chi connectivity index (χ0v) is 16.4. The number of unbranched alkanes of at least 4 members (excludes halogenated alkanes) is 2. The lowest BCUT2D eigenvalue weighted by atomic mass is 9.96. The van der Waals surface area contributed by atoms with Crippen LogP contribution in [0.3, 0.4) is 0 Å². The van der Waals surface area contributed by atoms with E-state index in [1.165, 1.54) is 0 Å². The van der Waals surface area contributed by atoms with Crippen LogP contribution < -0.4 is 0 Å². The Morgan fingerprint density at radius 3 is 1.95 bits per heavy atom. The molecule has 0 radical (unpaired) electrons. The Morgan fingerprint density at radius 1 is 0.950 bits per heavy atom. The van der Waals surface area contributed by atoms with Gasteiger partial charge in [-0.2, -0.15) is 0 Å². The van der Waals surface area contributed by atoms with Gasteiger partial charge in [0.1, 0.15) is 18.5 Å². The first-order chi connectivity index (χ1) is 9.53. The Kier molecular flexibility index (Phi) is 12.2. The van der Waals surface area contributed by atoms with Gasteiger partial charge in [0.05, 0.1) is 5.41 Å². The van der Waals surface area contributed by atoms with Crippen LogP contribution in [-0.2, 0) is 19.1 Å². The van der Waals surface area contributed by atoms with Crippen LogP contribution in [0.2, 0.25) is 0 Å². The molecule has 0 atom stereocenters. The highest BCUT2D eigenvalue weighted by atomic mass is 79.9. The largest absolute Gasteiger partial charge is 0.465 e. The maximum Gasteiger partial charge on any atom is 0.316 e. The Bertz CT molecular complexity index is 293. The van der Waals surface area contributed by atoms with Crippen LogP contribution in [0.15, 0.2) is 0 Å². The van der Waals surface area contributed by atoms with Gasteiger partial charge in [0.25, 0.3) is 0 Å². The van der Waals surface area contributed by atoms with Gasteiger partial charge in [-0.25, -0.2) is 0 Å². The van der Waals surface area contributed by atoms with E-state index in [1.54, 1.807) is 0 Å². The first kappa shape index (κ1) is 20.4. The Labute approximate surface area is 145 Å². The molecular weight excluding hydrogens is 460 g/mol. The zero-order chi connectivity index (χ0) is 15.4. The van der Waals surface area contributed by atoms with E-state index >= 15 is 0 Å². The summed E-state index contributed by atoms with van der Waals surface area (Å²) in [6.45, 7) is 2.52. The SMILES string of the molecule is CCCCCC(=O)OCC(CBr)(CBr)COC(=O)CBr. The van der Waals surface area contributed by atoms with E-state index in [-0.39, 0.29) is 30.5 Å². The van der Waals surface area contributed by atoms with Crippen molar-refractivity contribution in [3.63, 3.8) is 0 Å². The molecule has 7 heteroatoms. The number of rotatable bonds is 11. The summed E-state index contributed by atoms with van der Waals surface area (Å²) in [6, 6.07) is 0. The van der Waals surface area contributed by atoms with E-state index in [9.17, 15) is 9.59 Å². The molecule has 0 saturated heterocycles. The summed E-state index contributed by atoms with van der Waals surface area (Å²) >= 11 is 9.83. The van der Waals surface area contributed by atoms with E-state index in [0.717, 1.165) is 19.3 Å². The molecule has 0 aliphatic rings. The van der Waals surface area contributed by atoms with Crippen LogP contribution in [-0.4, -0.2) is 41.1 Å². The van der Waals surface area contributed by atoms with Gasteiger partial charge < -0.3 is 9.47 Å². The second-order valence-corrected chi connectivity index (χ2v) is 6.36. The molecule has 0 aromatic heterocycles. The number of hydrogen-bond donors (Lipinski definition) is 0. The van der Waals surface area contributed by atoms with Gasteiger partial charge in [-0.1, -0.05) is 67.6 Å². The minimum absolute atomic E-state index is 0.157. The smallest absolute Gasteiger partial charge is 0.316 e. The third-order valence-electron chi connectivity index (χ3n) is 2.74. The summed E-state index contributed by atoms with van der Waals surface area (Å²) < 4.78 is 10.4. The summed E-state index contributed by atoms with van der Waals surface area (Å²) in [7, 11) is 0. The average molecular weight is 481 g/mol. The van der Waals surface area contributed by atoms with Crippen molar-refractivity contribution in [3.05, 3.63) is 0 Å². The van der Waals surface area contributed by atoms with E-state index in [2.05, 4.69) is 54.7 Å². The molecule has 0 aliphatic carbocycles. The van der Waals surface area contributed by atoms with Crippen molar-refractivity contribution in [1.29, 1.82) is 0 Å². The molecule has 0 spiro atoms. The molecule has 0 aromatic carbocycles. The topological polar surface area (TPSA) is 52.6 Å². The normalized spacial score (nSPS) is 11.2. The van der Waals surface area contributed by atoms with E-state index in [1.807, 2.05) is 0 Å². The van der Waals surface area contributed by atoms with Gasteiger partial charge in [0.2, 0.25) is 0 Å². The highest BCUT2D eigenvalue weighted by molar-refractivity contribution is 9.10. The fourth-order valence-corrected chi connectivity index (χ4v) is 3.07. The highest BCUT2D eigenvalue weighted by Gasteiger charge is 2.31. The summed E-state index contributed by atoms with van der Waals surface area (Å²) in [4.78, 5) is 22.8. The number of ether oxygens (including phenoxy) is 2. The maximum atomic E-state index is 11.6. The molecule has 4 nitrogen and oxygen atoms in total. The van der Waals surface area contributed by atoms with Gasteiger partial charge in [-0.3, -0.25) is 9.59 Å². The van der Waals surface area contributed by atoms with Crippen molar-refractivity contribution in [1.82, 2.24) is 0 Å². The van der Waals surface area contributed by atoms with Crippen molar-refractivity contribution in [2.24, 2.45) is 5.41 Å². The average Bonchev–Trinajstić information content (AvgIpc) is 2.48. The molecule has 0 heterocycles. The number of carbonyl (C=O) groups excluding carboxylic acids is 2. The van der Waals surface area contributed by atoms with E-state index in [4.69, 9.17) is 9.47 Å². The van der Waals surface area contributed by atoms with Crippen molar-refractivity contribution < 1.29 is 19.1 Å². The van der Waals surface area contributed by atoms with Crippen LogP contribution in [0.25, 0.3) is 0 Å². The first-order valence-corrected chi connectivity index (χ1v) is 9.89. The monoisotopic (exact) mass is 478 g/mol. The molecule has 0 bridgehead atoms. The maximum absolute atomic E-state index is 11.6. The van der Waals surface area contributed by atoms with Gasteiger partial charge in [-0.15, -0.1) is 0 Å². The van der Waals surface area contributed by atoms with Crippen molar-refractivity contribution >= 4 is 59.7 Å². The second-order valence-electron chi connectivity index (χ2n) is 4.68. The van der Waals surface area contributed by atoms with Crippen LogP contribution >= 0.6 is 47.8 Å². The third-order valence-corrected chi connectivity index (χ3v) is 5.58. The number of alkyl halides is 3. The molecule has 0 aliphatic heterocycles. The first-order valence-electron chi connectivity index (χ1n) is 6.52. The van der Waals surface area contributed by atoms with Gasteiger partial charge in [0, 0.05) is 17.1 Å². The molecule has 0 unspecified atom stereocenters. The number of halogens is 3. The molecule has 118 valence electrons. The highest BCUT2D eigenvalue weighted by Crippen LogP contribution is 2.25. The summed E-state index contributed by atoms with van der Waals surface area (Å²) in [6.07, 6.45) is 3.39. The molecule has 0 amide bonds. The molecule has 0 aromatic rings. The molecule has 0 rings (SSSR count). The quantitative estimate of drug-likeness (QED) is 0.256. The zero-order valence-electron chi connectivity index (χ0n) is 11.6. The third kappa shape index (κ3) is 8.62. The van der Waals surface area contributed by atoms with E-state index in [0.29, 0.717) is 17.1 Å². The predicted octanol–water partition coefficient (Wildman–Crippen LogP) is 3.82. The van der Waals surface area contributed by atoms with Gasteiger partial charge in [-0.05, 0) is 6.42 Å². The van der Waals surface area contributed by atoms with Crippen LogP contribution in [0.5, 0.6) is 0 Å². The predicted molar refractivity (Wildman–Crippen MR) is 89.9 cm³/mol. The van der Waals surface area contributed by atoms with Crippen LogP contribution in [0.1, 0.15) is 32.6 Å². The fraction of sp³-hybridized carbons (Fsp3) is 0.846. The lowest BCUT2D eigenvalue weighted by molar-refractivity contribution is -0.150. The minimum atomic E-state index is -0.432. The molecule has 20 heavy (non-hydrogen) atoms. The molecular formula is C13H21Br3O4. The Hall–Kier alpha value is 0.380. The van der Waals surface area contributed by atoms with Gasteiger partial charge in [0.15, 0.2) is 0 Å². The van der Waals surface area contributed by atoms with E-state index < -0.39 is 5.41 Å². The number of esters is 2. The Morgan fingerprint density at radius 2 is 1.50 bits per heavy atom. The van der Waals surface area contributed by atoms with Gasteiger partial charge >= 0.3 is 11.9 Å². The second kappa shape index (κ2) is 12.0. The van der Waals surface area contributed by atoms with Crippen LogP contribution in [0.4, 0.5) is 0 Å². The number of hydrogen-bond acceptors (Lipinski definition) is 4. The fourth-order valence-electron chi connectivity index (χ4n) is 1.33. The van der Waals surface area contributed by atoms with Crippen molar-refractivity contribution in [2.45, 2.75) is 32.6 Å². The lowest BCUT2D eigenvalue weighted by Gasteiger charge is -2.28. The number of carbonyl (C=O) groups is 2. The molecule has 0 N–H and O–H groups in total. The molecule has 0 fully saturated rings. The van der Waals surface area contributed by atoms with Crippen molar-refractivity contribution in [2.75, 3.05) is 29.2 Å². The van der Waals surface area contributed by atoms with Crippen molar-refractivity contribution in [3.8, 4) is 0 Å². The van der Waals surface area contributed by atoms with Crippen LogP contribution in [0, 0.1) is 5.41 Å². The summed E-state index contributed by atoms with van der Waals surface area (Å²) in [5.74, 6) is -0.526. The summed E-state index contributed by atoms with van der Waals surface area (Å²) in [5, 5.41) is 1.30. The minimum Gasteiger partial charge on any atom is -0.465 e. The Balaban J connectivity index is 4.23. The standard InChI is InChI=1S/C13H21Br3O4/c1-2-3-4-5-11(17)19-9-13(7-15,8-16)10-20-12(18)6-14/h2-10H2,1H3. The summed E-state index contributed by atoms with van der Waals surface area (Å²) in [5.41, 5.74) is -0.432. The lowest BCUT2D eigenvalue weighted by Crippen LogP contribution is -2.37. The molecule has 0 saturated carbocycles.